The highest BCUT2D eigenvalue weighted by Crippen LogP contribution is 2.33. The van der Waals surface area contributed by atoms with Gasteiger partial charge in [-0.1, -0.05) is 29.8 Å². The van der Waals surface area contributed by atoms with E-state index in [-0.39, 0.29) is 6.61 Å². The number of hydrogen-bond donors (Lipinski definition) is 1. The second kappa shape index (κ2) is 53.2. The predicted octanol–water partition coefficient (Wildman–Crippen LogP) is 6.99. The largest absolute Gasteiger partial charge is 0.491 e. The summed E-state index contributed by atoms with van der Waals surface area (Å²) >= 11 is 0. The van der Waals surface area contributed by atoms with Crippen LogP contribution in [0.2, 0.25) is 0 Å². The molecule has 3 aromatic carbocycles. The summed E-state index contributed by atoms with van der Waals surface area (Å²) in [5, 5.41) is 8.62. The number of methoxy groups -OCH3 is 4. The number of benzene rings is 3. The zero-order chi connectivity index (χ0) is 58.5. The van der Waals surface area contributed by atoms with Crippen molar-refractivity contribution in [1.29, 1.82) is 0 Å². The number of aliphatic hydroxyl groups excluding tert-OH is 1. The maximum Gasteiger partial charge on any atom is 0.164 e. The highest BCUT2D eigenvalue weighted by atomic mass is 16.6. The lowest BCUT2D eigenvalue weighted by Crippen LogP contribution is -2.14. The number of hydrogen-bond acceptors (Lipinski definition) is 20. The standard InChI is InChI=1S/2C22H38O8.C16H26O4/c1-19-17-20(2)22(30-16-14-28-12-10-26-8-6-24-4)21(18-19)29-15-13-27-11-9-25-7-5-23-3;1-19-4-5-22(30-17-16-28-13-12-26-9-8-24-3)20(2)21(19)18-29-15-14-27-11-10-25-7-6-23;1-13-11-14(2)16(15(3)12-13)20-10-9-19-8-7-18-6-5-17-4/h17-18H,5-16H2,1-4H3;4-5,23H,6-18H2,1-3H3;11-12H,5-10H2,1-4H3. The van der Waals surface area contributed by atoms with Gasteiger partial charge in [0, 0.05) is 28.4 Å². The Hall–Kier alpha value is -3.78. The van der Waals surface area contributed by atoms with Crippen LogP contribution in [0, 0.1) is 48.5 Å². The Morgan fingerprint density at radius 1 is 0.287 bits per heavy atom. The van der Waals surface area contributed by atoms with Gasteiger partial charge in [0.1, 0.15) is 37.9 Å². The molecule has 462 valence electrons. The molecular weight excluding hydrogens is 1040 g/mol. The van der Waals surface area contributed by atoms with E-state index in [9.17, 15) is 0 Å². The Kier molecular flexibility index (Phi) is 49.4. The lowest BCUT2D eigenvalue weighted by molar-refractivity contribution is 0.00432. The van der Waals surface area contributed by atoms with Gasteiger partial charge in [0.2, 0.25) is 0 Å². The number of aliphatic hydroxyl groups is 1. The normalized spacial score (nSPS) is 11.1. The van der Waals surface area contributed by atoms with Crippen LogP contribution in [0.15, 0.2) is 36.4 Å². The van der Waals surface area contributed by atoms with Crippen molar-refractivity contribution in [3.63, 3.8) is 0 Å². The second-order valence-corrected chi connectivity index (χ2v) is 17.9. The molecule has 0 aromatic heterocycles. The van der Waals surface area contributed by atoms with E-state index in [1.165, 1.54) is 22.3 Å². The van der Waals surface area contributed by atoms with Gasteiger partial charge >= 0.3 is 0 Å². The van der Waals surface area contributed by atoms with E-state index in [1.54, 1.807) is 28.4 Å². The summed E-state index contributed by atoms with van der Waals surface area (Å²) in [7, 11) is 6.61. The molecule has 0 atom stereocenters. The van der Waals surface area contributed by atoms with E-state index in [1.807, 2.05) is 39.0 Å². The van der Waals surface area contributed by atoms with Crippen LogP contribution in [-0.2, 0) is 77.7 Å². The Balaban J connectivity index is 0.000000613. The van der Waals surface area contributed by atoms with Crippen LogP contribution in [0.1, 0.15) is 44.5 Å². The quantitative estimate of drug-likeness (QED) is 0.0567. The van der Waals surface area contributed by atoms with Crippen molar-refractivity contribution < 1.29 is 95.1 Å². The van der Waals surface area contributed by atoms with Crippen molar-refractivity contribution in [2.75, 3.05) is 227 Å². The number of ether oxygens (including phenoxy) is 19. The third-order valence-electron chi connectivity index (χ3n) is 11.1. The van der Waals surface area contributed by atoms with Gasteiger partial charge < -0.3 is 95.1 Å². The van der Waals surface area contributed by atoms with E-state index in [4.69, 9.17) is 95.1 Å². The van der Waals surface area contributed by atoms with E-state index in [0.29, 0.717) is 198 Å². The van der Waals surface area contributed by atoms with Crippen LogP contribution in [0.5, 0.6) is 23.0 Å². The molecule has 0 fully saturated rings. The van der Waals surface area contributed by atoms with E-state index >= 15 is 0 Å². The van der Waals surface area contributed by atoms with Crippen LogP contribution >= 0.6 is 0 Å². The minimum absolute atomic E-state index is 0.0297. The van der Waals surface area contributed by atoms with Gasteiger partial charge in [-0.2, -0.15) is 0 Å². The van der Waals surface area contributed by atoms with Crippen molar-refractivity contribution >= 4 is 0 Å². The van der Waals surface area contributed by atoms with Crippen molar-refractivity contribution in [1.82, 2.24) is 0 Å². The van der Waals surface area contributed by atoms with Crippen LogP contribution < -0.4 is 18.9 Å². The minimum atomic E-state index is 0.0297. The molecule has 0 saturated carbocycles. The van der Waals surface area contributed by atoms with E-state index < -0.39 is 0 Å². The van der Waals surface area contributed by atoms with Crippen molar-refractivity contribution in [3.8, 4) is 23.0 Å². The van der Waals surface area contributed by atoms with Gasteiger partial charge in [0.15, 0.2) is 11.5 Å². The van der Waals surface area contributed by atoms with Gasteiger partial charge in [-0.25, -0.2) is 0 Å². The first-order chi connectivity index (χ1) is 39.0. The summed E-state index contributed by atoms with van der Waals surface area (Å²) in [6.45, 7) is 30.3. The van der Waals surface area contributed by atoms with Crippen LogP contribution in [-0.4, -0.2) is 232 Å². The van der Waals surface area contributed by atoms with Gasteiger partial charge in [0.25, 0.3) is 0 Å². The topological polar surface area (TPSA) is 196 Å². The SMILES string of the molecule is COCCOCCOCCOc1c(C)cc(C)cc1C.COCCOCCOCCOc1cc(C)cc(C)c1OCCOCCOCCOC.COCCOCCOCCOc1ccc(C)c(COCCOCCOCCO)c1C. The molecule has 3 aromatic rings. The first kappa shape index (κ1) is 74.2. The highest BCUT2D eigenvalue weighted by molar-refractivity contribution is 5.49. The molecular formula is C60H102O20. The molecule has 3 rings (SSSR count). The zero-order valence-corrected chi connectivity index (χ0v) is 50.6. The molecule has 1 N–H and O–H groups in total. The van der Waals surface area contributed by atoms with Gasteiger partial charge in [0.05, 0.1) is 178 Å². The molecule has 0 radical (unpaired) electrons. The molecule has 0 unspecified atom stereocenters. The molecule has 20 heteroatoms. The molecule has 0 bridgehead atoms. The molecule has 0 aliphatic rings. The monoisotopic (exact) mass is 1140 g/mol. The van der Waals surface area contributed by atoms with Crippen molar-refractivity contribution in [2.45, 2.75) is 55.1 Å². The molecule has 0 amide bonds. The number of rotatable bonds is 50. The van der Waals surface area contributed by atoms with Gasteiger partial charge in [-0.05, 0) is 99.5 Å². The van der Waals surface area contributed by atoms with Crippen molar-refractivity contribution in [2.24, 2.45) is 0 Å². The summed E-state index contributed by atoms with van der Waals surface area (Å²) in [5.74, 6) is 3.27. The van der Waals surface area contributed by atoms with Gasteiger partial charge in [-0.3, -0.25) is 0 Å². The Morgan fingerprint density at radius 3 is 0.975 bits per heavy atom. The molecule has 80 heavy (non-hydrogen) atoms. The van der Waals surface area contributed by atoms with Crippen molar-refractivity contribution in [3.05, 3.63) is 80.9 Å². The fraction of sp³-hybridized carbons (Fsp3) is 0.700. The Bertz CT molecular complexity index is 1860. The third kappa shape index (κ3) is 39.6. The maximum absolute atomic E-state index is 8.62. The Morgan fingerprint density at radius 2 is 0.588 bits per heavy atom. The molecule has 20 nitrogen and oxygen atoms in total. The summed E-state index contributed by atoms with van der Waals surface area (Å²) < 4.78 is 103. The zero-order valence-electron chi connectivity index (χ0n) is 50.6. The summed E-state index contributed by atoms with van der Waals surface area (Å²) in [4.78, 5) is 0. The van der Waals surface area contributed by atoms with Gasteiger partial charge in [-0.15, -0.1) is 0 Å². The van der Waals surface area contributed by atoms with Crippen LogP contribution in [0.25, 0.3) is 0 Å². The smallest absolute Gasteiger partial charge is 0.164 e. The van der Waals surface area contributed by atoms with Crippen LogP contribution in [0.4, 0.5) is 0 Å². The molecule has 0 saturated heterocycles. The second-order valence-electron chi connectivity index (χ2n) is 17.9. The number of aryl methyl sites for hydroxylation is 6. The highest BCUT2D eigenvalue weighted by Gasteiger charge is 2.12. The molecule has 0 aliphatic carbocycles. The minimum Gasteiger partial charge on any atom is -0.491 e. The maximum atomic E-state index is 8.62. The fourth-order valence-corrected chi connectivity index (χ4v) is 7.21. The molecule has 0 spiro atoms. The summed E-state index contributed by atoms with van der Waals surface area (Å²) in [6.07, 6.45) is 0. The average Bonchev–Trinajstić information content (AvgIpc) is 3.43. The molecule has 0 heterocycles. The average molecular weight is 1140 g/mol. The van der Waals surface area contributed by atoms with Crippen LogP contribution in [0.3, 0.4) is 0 Å². The lowest BCUT2D eigenvalue weighted by Gasteiger charge is -2.16. The van der Waals surface area contributed by atoms with E-state index in [2.05, 4.69) is 45.9 Å². The first-order valence-electron chi connectivity index (χ1n) is 27.7. The third-order valence-corrected chi connectivity index (χ3v) is 11.1. The molecule has 0 aliphatic heterocycles. The lowest BCUT2D eigenvalue weighted by atomic mass is 10.0. The predicted molar refractivity (Wildman–Crippen MR) is 307 cm³/mol. The Labute approximate surface area is 479 Å². The fourth-order valence-electron chi connectivity index (χ4n) is 7.21. The van der Waals surface area contributed by atoms with E-state index in [0.717, 1.165) is 45.3 Å². The summed E-state index contributed by atoms with van der Waals surface area (Å²) in [5.41, 5.74) is 9.13. The summed E-state index contributed by atoms with van der Waals surface area (Å²) in [6, 6.07) is 12.3. The first-order valence-corrected chi connectivity index (χ1v) is 27.7.